The van der Waals surface area contributed by atoms with Crippen LogP contribution in [0.5, 0.6) is 5.75 Å². The molecule has 1 aliphatic heterocycles. The van der Waals surface area contributed by atoms with Crippen molar-refractivity contribution in [1.82, 2.24) is 14.6 Å². The fourth-order valence-electron chi connectivity index (χ4n) is 3.43. The van der Waals surface area contributed by atoms with E-state index in [1.54, 1.807) is 48.5 Å². The number of carbonyl (C=O) groups excluding carboxylic acids is 2. The van der Waals surface area contributed by atoms with Crippen molar-refractivity contribution in [3.8, 4) is 5.75 Å². The molecule has 0 radical (unpaired) electrons. The first-order valence-corrected chi connectivity index (χ1v) is 9.22. The lowest BCUT2D eigenvalue weighted by Gasteiger charge is -2.37. The van der Waals surface area contributed by atoms with Crippen LogP contribution in [0.15, 0.2) is 78.9 Å². The predicted octanol–water partition coefficient (Wildman–Crippen LogP) is 4.58. The van der Waals surface area contributed by atoms with Crippen LogP contribution in [0, 0.1) is 5.82 Å². The van der Waals surface area contributed by atoms with E-state index in [2.05, 4.69) is 4.98 Å². The molecule has 4 aromatic rings. The second kappa shape index (κ2) is 7.00. The topological polar surface area (TPSA) is 67.7 Å². The molecule has 0 atom stereocenters. The van der Waals surface area contributed by atoms with E-state index < -0.39 is 17.9 Å². The normalized spacial score (nSPS) is 13.4. The van der Waals surface area contributed by atoms with E-state index in [0.717, 1.165) is 5.01 Å². The number of aromatic nitrogens is 2. The summed E-state index contributed by atoms with van der Waals surface area (Å²) in [6.07, 6.45) is -0.876. The van der Waals surface area contributed by atoms with Crippen molar-refractivity contribution in [3.05, 3.63) is 90.5 Å². The number of hydrogen-bond donors (Lipinski definition) is 0. The lowest BCUT2D eigenvalue weighted by molar-refractivity contribution is 0.144. The van der Waals surface area contributed by atoms with Crippen molar-refractivity contribution < 1.29 is 18.7 Å². The summed E-state index contributed by atoms with van der Waals surface area (Å²) in [5.41, 5.74) is 1.68. The molecule has 5 rings (SSSR count). The van der Waals surface area contributed by atoms with Crippen molar-refractivity contribution in [2.24, 2.45) is 0 Å². The van der Waals surface area contributed by atoms with Gasteiger partial charge in [-0.15, -0.1) is 5.01 Å². The molecule has 1 aliphatic rings. The number of nitrogens with zero attached hydrogens (tertiary/aromatic N) is 4. The van der Waals surface area contributed by atoms with Gasteiger partial charge in [0.05, 0.1) is 23.3 Å². The summed E-state index contributed by atoms with van der Waals surface area (Å²) in [6.45, 7) is 0.121. The lowest BCUT2D eigenvalue weighted by atomic mass is 10.3. The minimum absolute atomic E-state index is 0.121. The third-order valence-corrected chi connectivity index (χ3v) is 4.78. The standard InChI is InChI=1S/C22H15FN4O3/c23-15-10-12-16(13-11-15)25-14-20-24-18-8-4-5-9-19(18)26(20)21(28)27(25)22(29)30-17-6-2-1-3-7-17/h1-13H,14H2. The van der Waals surface area contributed by atoms with Gasteiger partial charge in [0.15, 0.2) is 0 Å². The molecule has 2 heterocycles. The highest BCUT2D eigenvalue weighted by atomic mass is 19.1. The fraction of sp³-hybridized carbons (Fsp3) is 0.0455. The van der Waals surface area contributed by atoms with Crippen LogP contribution in [-0.2, 0) is 6.54 Å². The number of imidazole rings is 1. The summed E-state index contributed by atoms with van der Waals surface area (Å²) in [5, 5.41) is 2.33. The van der Waals surface area contributed by atoms with Crippen LogP contribution in [0.25, 0.3) is 11.0 Å². The molecule has 1 aromatic heterocycles. The summed E-state index contributed by atoms with van der Waals surface area (Å²) in [5.74, 6) is 0.345. The number of halogens is 1. The van der Waals surface area contributed by atoms with E-state index in [-0.39, 0.29) is 6.54 Å². The molecule has 0 spiro atoms. The summed E-state index contributed by atoms with van der Waals surface area (Å²) in [7, 11) is 0. The Balaban J connectivity index is 1.61. The number of hydrazine groups is 1. The number of para-hydroxylation sites is 3. The van der Waals surface area contributed by atoms with Gasteiger partial charge in [-0.1, -0.05) is 30.3 Å². The van der Waals surface area contributed by atoms with E-state index in [4.69, 9.17) is 4.74 Å². The van der Waals surface area contributed by atoms with Gasteiger partial charge in [0.25, 0.3) is 0 Å². The first kappa shape index (κ1) is 17.9. The van der Waals surface area contributed by atoms with E-state index in [0.29, 0.717) is 28.3 Å². The van der Waals surface area contributed by atoms with Gasteiger partial charge in [-0.25, -0.2) is 23.5 Å². The monoisotopic (exact) mass is 402 g/mol. The summed E-state index contributed by atoms with van der Waals surface area (Å²) < 4.78 is 20.3. The van der Waals surface area contributed by atoms with Crippen LogP contribution in [0.2, 0.25) is 0 Å². The zero-order valence-electron chi connectivity index (χ0n) is 15.6. The van der Waals surface area contributed by atoms with Gasteiger partial charge in [-0.05, 0) is 48.5 Å². The Morgan fingerprint density at radius 1 is 0.933 bits per heavy atom. The summed E-state index contributed by atoms with van der Waals surface area (Å²) in [4.78, 5) is 31.0. The van der Waals surface area contributed by atoms with Gasteiger partial charge >= 0.3 is 12.1 Å². The predicted molar refractivity (Wildman–Crippen MR) is 107 cm³/mol. The van der Waals surface area contributed by atoms with E-state index in [9.17, 15) is 14.0 Å². The number of anilines is 1. The number of imide groups is 1. The average Bonchev–Trinajstić information content (AvgIpc) is 3.13. The molecule has 148 valence electrons. The van der Waals surface area contributed by atoms with Crippen molar-refractivity contribution in [1.29, 1.82) is 0 Å². The molecule has 0 N–H and O–H groups in total. The highest BCUT2D eigenvalue weighted by Crippen LogP contribution is 2.29. The molecule has 0 saturated heterocycles. The number of hydrogen-bond acceptors (Lipinski definition) is 5. The number of fused-ring (bicyclic) bond motifs is 3. The molecule has 7 nitrogen and oxygen atoms in total. The maximum absolute atomic E-state index is 13.4. The molecule has 0 aliphatic carbocycles. The van der Waals surface area contributed by atoms with Crippen LogP contribution in [0.4, 0.5) is 19.7 Å². The van der Waals surface area contributed by atoms with Gasteiger partial charge in [-0.3, -0.25) is 5.01 Å². The Morgan fingerprint density at radius 3 is 2.40 bits per heavy atom. The maximum Gasteiger partial charge on any atom is 0.443 e. The van der Waals surface area contributed by atoms with Crippen molar-refractivity contribution in [2.45, 2.75) is 6.54 Å². The van der Waals surface area contributed by atoms with Crippen molar-refractivity contribution in [3.63, 3.8) is 0 Å². The molecular weight excluding hydrogens is 387 g/mol. The molecule has 0 saturated carbocycles. The van der Waals surface area contributed by atoms with E-state index in [1.165, 1.54) is 33.8 Å². The minimum atomic E-state index is -0.876. The Kier molecular flexibility index (Phi) is 4.17. The van der Waals surface area contributed by atoms with Crippen molar-refractivity contribution >= 4 is 28.8 Å². The number of rotatable bonds is 2. The summed E-state index contributed by atoms with van der Waals surface area (Å²) >= 11 is 0. The Hall–Kier alpha value is -4.20. The number of ether oxygens (including phenoxy) is 1. The molecule has 30 heavy (non-hydrogen) atoms. The Labute approximate surface area is 170 Å². The number of benzene rings is 3. The Morgan fingerprint density at radius 2 is 1.63 bits per heavy atom. The first-order chi connectivity index (χ1) is 14.6. The van der Waals surface area contributed by atoms with Gasteiger partial charge in [0.1, 0.15) is 17.4 Å². The molecule has 8 heteroatoms. The zero-order valence-corrected chi connectivity index (χ0v) is 15.6. The van der Waals surface area contributed by atoms with Gasteiger partial charge in [-0.2, -0.15) is 0 Å². The second-order valence-corrected chi connectivity index (χ2v) is 6.66. The molecule has 0 unspecified atom stereocenters. The number of amides is 2. The van der Waals surface area contributed by atoms with Crippen molar-refractivity contribution in [2.75, 3.05) is 5.01 Å². The van der Waals surface area contributed by atoms with Crippen LogP contribution in [0.3, 0.4) is 0 Å². The minimum Gasteiger partial charge on any atom is -0.409 e. The van der Waals surface area contributed by atoms with Gasteiger partial charge in [0, 0.05) is 0 Å². The first-order valence-electron chi connectivity index (χ1n) is 9.22. The SMILES string of the molecule is O=C(Oc1ccccc1)N1C(=O)n2c(nc3ccccc32)CN1c1ccc(F)cc1. The zero-order chi connectivity index (χ0) is 20.7. The quantitative estimate of drug-likeness (QED) is 0.491. The third kappa shape index (κ3) is 2.95. The smallest absolute Gasteiger partial charge is 0.409 e. The number of carbonyl (C=O) groups is 2. The fourth-order valence-corrected chi connectivity index (χ4v) is 3.43. The molecule has 3 aromatic carbocycles. The molecule has 2 amide bonds. The van der Waals surface area contributed by atoms with Crippen LogP contribution >= 0.6 is 0 Å². The average molecular weight is 402 g/mol. The largest absolute Gasteiger partial charge is 0.443 e. The third-order valence-electron chi connectivity index (χ3n) is 4.78. The maximum atomic E-state index is 13.4. The second-order valence-electron chi connectivity index (χ2n) is 6.66. The highest BCUT2D eigenvalue weighted by molar-refractivity contribution is 6.00. The van der Waals surface area contributed by atoms with Gasteiger partial charge in [0.2, 0.25) is 0 Å². The van der Waals surface area contributed by atoms with E-state index in [1.807, 2.05) is 6.07 Å². The van der Waals surface area contributed by atoms with Crippen LogP contribution in [0.1, 0.15) is 5.82 Å². The van der Waals surface area contributed by atoms with Crippen LogP contribution < -0.4 is 9.75 Å². The Bertz CT molecular complexity index is 1250. The van der Waals surface area contributed by atoms with E-state index >= 15 is 0 Å². The molecule has 0 bridgehead atoms. The molecular formula is C22H15FN4O3. The van der Waals surface area contributed by atoms with Gasteiger partial charge < -0.3 is 4.74 Å². The lowest BCUT2D eigenvalue weighted by Crippen LogP contribution is -2.56. The highest BCUT2D eigenvalue weighted by Gasteiger charge is 2.39. The van der Waals surface area contributed by atoms with Crippen LogP contribution in [-0.4, -0.2) is 26.7 Å². The molecule has 0 fully saturated rings. The summed E-state index contributed by atoms with van der Waals surface area (Å²) in [6, 6.07) is 20.5.